The van der Waals surface area contributed by atoms with Gasteiger partial charge in [0.1, 0.15) is 6.61 Å². The molecule has 0 aromatic heterocycles. The summed E-state index contributed by atoms with van der Waals surface area (Å²) in [6.45, 7) is 4.09. The molecule has 0 radical (unpaired) electrons. The molecule has 0 fully saturated rings. The maximum absolute atomic E-state index is 11.4. The molecule has 0 bridgehead atoms. The maximum atomic E-state index is 11.4. The van der Waals surface area contributed by atoms with Gasteiger partial charge in [-0.2, -0.15) is 0 Å². The van der Waals surface area contributed by atoms with Gasteiger partial charge in [-0.3, -0.25) is 14.9 Å². The fourth-order valence-electron chi connectivity index (χ4n) is 2.18. The van der Waals surface area contributed by atoms with Crippen LogP contribution in [0.25, 0.3) is 0 Å². The third-order valence-electron chi connectivity index (χ3n) is 3.93. The highest BCUT2D eigenvalue weighted by Gasteiger charge is 2.27. The van der Waals surface area contributed by atoms with E-state index in [2.05, 4.69) is 5.32 Å². The fraction of sp³-hybridized carbons (Fsp3) is 0.500. The van der Waals surface area contributed by atoms with Gasteiger partial charge in [-0.25, -0.2) is 0 Å². The molecule has 0 atom stereocenters. The van der Waals surface area contributed by atoms with E-state index in [1.807, 2.05) is 13.8 Å². The van der Waals surface area contributed by atoms with E-state index in [4.69, 9.17) is 10.5 Å². The molecular weight excluding hydrogens is 274 g/mol. The number of amides is 1. The lowest BCUT2D eigenvalue weighted by Gasteiger charge is -2.26. The number of benzene rings is 1. The lowest BCUT2D eigenvalue weighted by Crippen LogP contribution is -2.44. The molecule has 0 saturated heterocycles. The SMILES string of the molecule is CCC(N)(CC)COc1cc2c(cc1[N+](=O)[O-])CC(=O)N2. The van der Waals surface area contributed by atoms with Crippen molar-refractivity contribution in [2.75, 3.05) is 11.9 Å². The Bertz CT molecular complexity index is 582. The predicted octanol–water partition coefficient (Wildman–Crippen LogP) is 1.99. The van der Waals surface area contributed by atoms with Crippen LogP contribution >= 0.6 is 0 Å². The van der Waals surface area contributed by atoms with Gasteiger partial charge >= 0.3 is 5.69 Å². The van der Waals surface area contributed by atoms with Crippen LogP contribution in [-0.2, 0) is 11.2 Å². The Morgan fingerprint density at radius 3 is 2.67 bits per heavy atom. The van der Waals surface area contributed by atoms with E-state index in [1.165, 1.54) is 12.1 Å². The number of fused-ring (bicyclic) bond motifs is 1. The summed E-state index contributed by atoms with van der Waals surface area (Å²) < 4.78 is 5.59. The van der Waals surface area contributed by atoms with Crippen molar-refractivity contribution in [2.45, 2.75) is 38.6 Å². The highest BCUT2D eigenvalue weighted by atomic mass is 16.6. The number of nitrogens with two attached hydrogens (primary N) is 1. The lowest BCUT2D eigenvalue weighted by molar-refractivity contribution is -0.385. The summed E-state index contributed by atoms with van der Waals surface area (Å²) in [5, 5.41) is 13.8. The van der Waals surface area contributed by atoms with Gasteiger partial charge in [0.15, 0.2) is 5.75 Å². The van der Waals surface area contributed by atoms with Gasteiger partial charge in [0.05, 0.1) is 11.3 Å². The number of nitrogens with one attached hydrogen (secondary N) is 1. The van der Waals surface area contributed by atoms with Crippen LogP contribution in [-0.4, -0.2) is 23.0 Å². The molecule has 0 saturated carbocycles. The van der Waals surface area contributed by atoms with Crippen LogP contribution in [0.3, 0.4) is 0 Å². The van der Waals surface area contributed by atoms with Gasteiger partial charge in [0.2, 0.25) is 5.91 Å². The summed E-state index contributed by atoms with van der Waals surface area (Å²) in [5.41, 5.74) is 6.66. The fourth-order valence-corrected chi connectivity index (χ4v) is 2.18. The summed E-state index contributed by atoms with van der Waals surface area (Å²) in [7, 11) is 0. The van der Waals surface area contributed by atoms with Gasteiger partial charge in [-0.1, -0.05) is 13.8 Å². The molecule has 1 aliphatic rings. The summed E-state index contributed by atoms with van der Waals surface area (Å²) >= 11 is 0. The Morgan fingerprint density at radius 1 is 1.43 bits per heavy atom. The minimum atomic E-state index is -0.518. The van der Waals surface area contributed by atoms with Crippen molar-refractivity contribution in [3.8, 4) is 5.75 Å². The third kappa shape index (κ3) is 3.13. The number of carbonyl (C=O) groups is 1. The van der Waals surface area contributed by atoms with Crippen LogP contribution in [0.4, 0.5) is 11.4 Å². The van der Waals surface area contributed by atoms with Crippen LogP contribution < -0.4 is 15.8 Å². The van der Waals surface area contributed by atoms with Gasteiger partial charge in [0.25, 0.3) is 0 Å². The van der Waals surface area contributed by atoms with Gasteiger partial charge in [-0.05, 0) is 18.4 Å². The normalized spacial score (nSPS) is 13.8. The minimum Gasteiger partial charge on any atom is -0.485 e. The molecule has 21 heavy (non-hydrogen) atoms. The second kappa shape index (κ2) is 5.69. The summed E-state index contributed by atoms with van der Waals surface area (Å²) in [6, 6.07) is 2.89. The van der Waals surface area contributed by atoms with E-state index < -0.39 is 10.5 Å². The maximum Gasteiger partial charge on any atom is 0.311 e. The number of rotatable bonds is 6. The van der Waals surface area contributed by atoms with Crippen molar-refractivity contribution < 1.29 is 14.5 Å². The smallest absolute Gasteiger partial charge is 0.311 e. The van der Waals surface area contributed by atoms with Crippen LogP contribution in [0.2, 0.25) is 0 Å². The van der Waals surface area contributed by atoms with Crippen molar-refractivity contribution in [2.24, 2.45) is 5.73 Å². The van der Waals surface area contributed by atoms with E-state index in [1.54, 1.807) is 0 Å². The van der Waals surface area contributed by atoms with Crippen LogP contribution in [0.15, 0.2) is 12.1 Å². The van der Waals surface area contributed by atoms with E-state index in [-0.39, 0.29) is 30.4 Å². The van der Waals surface area contributed by atoms with E-state index in [0.717, 1.165) is 0 Å². The summed E-state index contributed by atoms with van der Waals surface area (Å²) in [6.07, 6.45) is 1.57. The van der Waals surface area contributed by atoms with Crippen molar-refractivity contribution in [3.05, 3.63) is 27.8 Å². The molecule has 1 aromatic carbocycles. The Hall–Kier alpha value is -2.15. The number of ether oxygens (including phenoxy) is 1. The average Bonchev–Trinajstić information content (AvgIpc) is 2.82. The Morgan fingerprint density at radius 2 is 2.10 bits per heavy atom. The zero-order valence-corrected chi connectivity index (χ0v) is 12.1. The molecule has 1 aliphatic heterocycles. The molecular formula is C14H19N3O4. The molecule has 114 valence electrons. The molecule has 7 nitrogen and oxygen atoms in total. The molecule has 2 rings (SSSR count). The molecule has 0 spiro atoms. The molecule has 1 heterocycles. The second-order valence-corrected chi connectivity index (χ2v) is 5.32. The molecule has 3 N–H and O–H groups in total. The predicted molar refractivity (Wildman–Crippen MR) is 78.4 cm³/mol. The van der Waals surface area contributed by atoms with Crippen molar-refractivity contribution in [1.29, 1.82) is 0 Å². The number of anilines is 1. The topological polar surface area (TPSA) is 107 Å². The van der Waals surface area contributed by atoms with E-state index in [0.29, 0.717) is 24.1 Å². The number of hydrogen-bond acceptors (Lipinski definition) is 5. The Kier molecular flexibility index (Phi) is 4.13. The highest BCUT2D eigenvalue weighted by molar-refractivity contribution is 5.99. The van der Waals surface area contributed by atoms with Crippen molar-refractivity contribution >= 4 is 17.3 Å². The molecule has 0 unspecified atom stereocenters. The lowest BCUT2D eigenvalue weighted by atomic mass is 9.95. The third-order valence-corrected chi connectivity index (χ3v) is 3.93. The van der Waals surface area contributed by atoms with Gasteiger partial charge in [0, 0.05) is 23.4 Å². The summed E-state index contributed by atoms with van der Waals surface area (Å²) in [5.74, 6) is -0.0376. The Labute approximate surface area is 122 Å². The highest BCUT2D eigenvalue weighted by Crippen LogP contribution is 2.36. The van der Waals surface area contributed by atoms with E-state index in [9.17, 15) is 14.9 Å². The Balaban J connectivity index is 2.28. The first kappa shape index (κ1) is 15.2. The number of hydrogen-bond donors (Lipinski definition) is 2. The van der Waals surface area contributed by atoms with Crippen LogP contribution in [0.5, 0.6) is 5.75 Å². The quantitative estimate of drug-likeness (QED) is 0.616. The minimum absolute atomic E-state index is 0.137. The molecule has 7 heteroatoms. The zero-order chi connectivity index (χ0) is 15.6. The zero-order valence-electron chi connectivity index (χ0n) is 12.1. The van der Waals surface area contributed by atoms with Gasteiger partial charge in [-0.15, -0.1) is 0 Å². The summed E-state index contributed by atoms with van der Waals surface area (Å²) in [4.78, 5) is 22.0. The molecule has 1 amide bonds. The van der Waals surface area contributed by atoms with Gasteiger partial charge < -0.3 is 15.8 Å². The second-order valence-electron chi connectivity index (χ2n) is 5.32. The monoisotopic (exact) mass is 293 g/mol. The number of carbonyl (C=O) groups excluding carboxylic acids is 1. The number of nitro groups is 1. The molecule has 0 aliphatic carbocycles. The van der Waals surface area contributed by atoms with Crippen molar-refractivity contribution in [1.82, 2.24) is 0 Å². The molecule has 1 aromatic rings. The van der Waals surface area contributed by atoms with Crippen molar-refractivity contribution in [3.63, 3.8) is 0 Å². The average molecular weight is 293 g/mol. The van der Waals surface area contributed by atoms with Crippen LogP contribution in [0.1, 0.15) is 32.3 Å². The number of nitrogens with zero attached hydrogens (tertiary/aromatic N) is 1. The first-order valence-corrected chi connectivity index (χ1v) is 6.91. The number of nitro benzene ring substituents is 1. The first-order valence-electron chi connectivity index (χ1n) is 6.91. The van der Waals surface area contributed by atoms with Crippen LogP contribution in [0, 0.1) is 10.1 Å². The largest absolute Gasteiger partial charge is 0.485 e. The first-order chi connectivity index (χ1) is 9.88. The standard InChI is InChI=1S/C14H19N3O4/c1-3-14(15,4-2)8-21-12-7-10-9(6-13(18)16-10)5-11(12)17(19)20/h5,7H,3-4,6,8,15H2,1-2H3,(H,16,18). The van der Waals surface area contributed by atoms with E-state index >= 15 is 0 Å².